The highest BCUT2D eigenvalue weighted by atomic mass is 16.7. The van der Waals surface area contributed by atoms with Crippen molar-refractivity contribution in [3.8, 4) is 0 Å². The molecule has 0 unspecified atom stereocenters. The Morgan fingerprint density at radius 1 is 1.24 bits per heavy atom. The van der Waals surface area contributed by atoms with Crippen LogP contribution in [-0.2, 0) is 9.47 Å². The van der Waals surface area contributed by atoms with E-state index in [0.29, 0.717) is 26.3 Å². The van der Waals surface area contributed by atoms with Gasteiger partial charge in [0.2, 0.25) is 5.79 Å². The van der Waals surface area contributed by atoms with Gasteiger partial charge in [0.1, 0.15) is 18.3 Å². The molecule has 2 saturated heterocycles. The average molecular weight is 249 g/mol. The summed E-state index contributed by atoms with van der Waals surface area (Å²) in [7, 11) is 0. The maximum atomic E-state index is 10.2. The highest BCUT2D eigenvalue weighted by Crippen LogP contribution is 2.30. The van der Waals surface area contributed by atoms with Crippen LogP contribution in [0.5, 0.6) is 0 Å². The second-order valence-corrected chi connectivity index (χ2v) is 4.51. The van der Waals surface area contributed by atoms with E-state index in [1.54, 1.807) is 0 Å². The molecule has 2 aliphatic heterocycles. The molecule has 2 aliphatic rings. The molecule has 7 nitrogen and oxygen atoms in total. The van der Waals surface area contributed by atoms with Crippen LogP contribution in [0, 0.1) is 0 Å². The molecule has 0 aromatic rings. The van der Waals surface area contributed by atoms with Crippen LogP contribution in [0.1, 0.15) is 0 Å². The van der Waals surface area contributed by atoms with Crippen molar-refractivity contribution >= 4 is 0 Å². The van der Waals surface area contributed by atoms with Crippen LogP contribution in [-0.4, -0.2) is 88.9 Å². The van der Waals surface area contributed by atoms with E-state index in [1.165, 1.54) is 0 Å². The molecule has 0 radical (unpaired) electrons. The Bertz CT molecular complexity index is 259. The molecule has 100 valence electrons. The summed E-state index contributed by atoms with van der Waals surface area (Å²) in [5.41, 5.74) is 0. The molecular formula is C10H19NO6. The van der Waals surface area contributed by atoms with Crippen molar-refractivity contribution in [2.75, 3.05) is 39.5 Å². The SMILES string of the molecule is OC[C@H]1O[C@](O)(CN2CCOCC2)[C@@H](O)[C@@H]1O. The zero-order valence-corrected chi connectivity index (χ0v) is 9.53. The fourth-order valence-electron chi connectivity index (χ4n) is 2.23. The van der Waals surface area contributed by atoms with Crippen molar-refractivity contribution in [3.63, 3.8) is 0 Å². The fraction of sp³-hybridized carbons (Fsp3) is 1.00. The van der Waals surface area contributed by atoms with Crippen molar-refractivity contribution in [2.24, 2.45) is 0 Å². The van der Waals surface area contributed by atoms with Crippen LogP contribution in [0.15, 0.2) is 0 Å². The molecule has 7 heteroatoms. The lowest BCUT2D eigenvalue weighted by molar-refractivity contribution is -0.241. The van der Waals surface area contributed by atoms with Gasteiger partial charge in [-0.2, -0.15) is 0 Å². The highest BCUT2D eigenvalue weighted by Gasteiger charge is 2.53. The third-order valence-electron chi connectivity index (χ3n) is 3.26. The van der Waals surface area contributed by atoms with Crippen LogP contribution in [0.2, 0.25) is 0 Å². The Morgan fingerprint density at radius 2 is 1.88 bits per heavy atom. The highest BCUT2D eigenvalue weighted by molar-refractivity contribution is 4.97. The summed E-state index contributed by atoms with van der Waals surface area (Å²) in [5.74, 6) is -1.83. The van der Waals surface area contributed by atoms with Crippen LogP contribution in [0.3, 0.4) is 0 Å². The second-order valence-electron chi connectivity index (χ2n) is 4.51. The summed E-state index contributed by atoms with van der Waals surface area (Å²) >= 11 is 0. The molecule has 4 N–H and O–H groups in total. The summed E-state index contributed by atoms with van der Waals surface area (Å²) in [4.78, 5) is 1.89. The van der Waals surface area contributed by atoms with E-state index >= 15 is 0 Å². The maximum Gasteiger partial charge on any atom is 0.208 e. The largest absolute Gasteiger partial charge is 0.394 e. The number of β-amino-alcohol motifs (C(OH)–C–C–N with tert-alkyl or cyclic N) is 1. The Balaban J connectivity index is 1.98. The second kappa shape index (κ2) is 5.15. The lowest BCUT2D eigenvalue weighted by atomic mass is 10.0. The molecule has 0 aromatic heterocycles. The van der Waals surface area contributed by atoms with Crippen LogP contribution < -0.4 is 0 Å². The normalized spacial score (nSPS) is 44.1. The molecule has 0 aromatic carbocycles. The van der Waals surface area contributed by atoms with Crippen LogP contribution in [0.4, 0.5) is 0 Å². The molecule has 2 fully saturated rings. The van der Waals surface area contributed by atoms with Gasteiger partial charge in [0, 0.05) is 13.1 Å². The fourth-order valence-corrected chi connectivity index (χ4v) is 2.23. The maximum absolute atomic E-state index is 10.2. The van der Waals surface area contributed by atoms with Gasteiger partial charge in [-0.3, -0.25) is 4.90 Å². The molecule has 0 amide bonds. The molecular weight excluding hydrogens is 230 g/mol. The first-order valence-electron chi connectivity index (χ1n) is 5.74. The number of aliphatic hydroxyl groups is 4. The van der Waals surface area contributed by atoms with Gasteiger partial charge < -0.3 is 29.9 Å². The van der Waals surface area contributed by atoms with E-state index in [0.717, 1.165) is 0 Å². The van der Waals surface area contributed by atoms with Crippen molar-refractivity contribution in [2.45, 2.75) is 24.1 Å². The lowest BCUT2D eigenvalue weighted by Gasteiger charge is -2.34. The van der Waals surface area contributed by atoms with E-state index in [-0.39, 0.29) is 6.54 Å². The van der Waals surface area contributed by atoms with E-state index in [1.807, 2.05) is 4.90 Å². The Kier molecular flexibility index (Phi) is 3.99. The van der Waals surface area contributed by atoms with E-state index in [2.05, 4.69) is 0 Å². The summed E-state index contributed by atoms with van der Waals surface area (Å²) in [6.45, 7) is 2.06. The van der Waals surface area contributed by atoms with Crippen LogP contribution in [0.25, 0.3) is 0 Å². The van der Waals surface area contributed by atoms with Gasteiger partial charge >= 0.3 is 0 Å². The molecule has 0 spiro atoms. The van der Waals surface area contributed by atoms with Gasteiger partial charge in [0.15, 0.2) is 0 Å². The summed E-state index contributed by atoms with van der Waals surface area (Å²) in [6, 6.07) is 0. The number of morpholine rings is 1. The van der Waals surface area contributed by atoms with Gasteiger partial charge in [-0.25, -0.2) is 0 Å². The van der Waals surface area contributed by atoms with Crippen molar-refractivity contribution in [1.29, 1.82) is 0 Å². The smallest absolute Gasteiger partial charge is 0.208 e. The zero-order chi connectivity index (χ0) is 12.5. The van der Waals surface area contributed by atoms with E-state index < -0.39 is 30.7 Å². The molecule has 17 heavy (non-hydrogen) atoms. The van der Waals surface area contributed by atoms with Crippen molar-refractivity contribution < 1.29 is 29.9 Å². The van der Waals surface area contributed by atoms with Crippen molar-refractivity contribution in [1.82, 2.24) is 4.90 Å². The van der Waals surface area contributed by atoms with Crippen molar-refractivity contribution in [3.05, 3.63) is 0 Å². The number of aliphatic hydroxyl groups excluding tert-OH is 3. The first-order chi connectivity index (χ1) is 8.07. The van der Waals surface area contributed by atoms with Gasteiger partial charge in [0.25, 0.3) is 0 Å². The molecule has 2 heterocycles. The minimum absolute atomic E-state index is 0.0884. The number of rotatable bonds is 3. The molecule has 0 bridgehead atoms. The van der Waals surface area contributed by atoms with E-state index in [4.69, 9.17) is 14.6 Å². The van der Waals surface area contributed by atoms with Gasteiger partial charge in [0.05, 0.1) is 26.4 Å². The lowest BCUT2D eigenvalue weighted by Crippen LogP contribution is -2.53. The number of nitrogens with zero attached hydrogens (tertiary/aromatic N) is 1. The first kappa shape index (κ1) is 13.2. The summed E-state index contributed by atoms with van der Waals surface area (Å²) in [5, 5.41) is 38.4. The third kappa shape index (κ3) is 2.60. The Labute approximate surface area is 99.2 Å². The van der Waals surface area contributed by atoms with Gasteiger partial charge in [-0.1, -0.05) is 0 Å². The standard InChI is InChI=1S/C10H19NO6/c12-5-7-8(13)9(14)10(15,17-7)6-11-1-3-16-4-2-11/h7-9,12-15H,1-6H2/t7-,8-,9+,10-/m1/s1. The molecule has 0 saturated carbocycles. The monoisotopic (exact) mass is 249 g/mol. The van der Waals surface area contributed by atoms with E-state index in [9.17, 15) is 15.3 Å². The molecule has 2 rings (SSSR count). The van der Waals surface area contributed by atoms with Crippen LogP contribution >= 0.6 is 0 Å². The zero-order valence-electron chi connectivity index (χ0n) is 9.53. The molecule has 4 atom stereocenters. The first-order valence-corrected chi connectivity index (χ1v) is 5.74. The summed E-state index contributed by atoms with van der Waals surface area (Å²) < 4.78 is 10.3. The number of hydrogen-bond acceptors (Lipinski definition) is 7. The molecule has 0 aliphatic carbocycles. The Morgan fingerprint density at radius 3 is 2.41 bits per heavy atom. The third-order valence-corrected chi connectivity index (χ3v) is 3.26. The number of ether oxygens (including phenoxy) is 2. The van der Waals surface area contributed by atoms with Gasteiger partial charge in [-0.15, -0.1) is 0 Å². The topological polar surface area (TPSA) is 103 Å². The number of hydrogen-bond donors (Lipinski definition) is 4. The average Bonchev–Trinajstić information content (AvgIpc) is 2.55. The van der Waals surface area contributed by atoms with Gasteiger partial charge in [-0.05, 0) is 0 Å². The quantitative estimate of drug-likeness (QED) is 0.426. The predicted octanol–water partition coefficient (Wildman–Crippen LogP) is -2.88. The minimum atomic E-state index is -1.83. The summed E-state index contributed by atoms with van der Waals surface area (Å²) in [6.07, 6.45) is -3.63. The predicted molar refractivity (Wildman–Crippen MR) is 56.2 cm³/mol. The minimum Gasteiger partial charge on any atom is -0.394 e. The Hall–Kier alpha value is -0.280.